The number of rotatable bonds is 5. The molecule has 1 saturated heterocycles. The third-order valence-corrected chi connectivity index (χ3v) is 3.35. The smallest absolute Gasteiger partial charge is 0.243 e. The molecule has 0 N–H and O–H groups in total. The molecule has 0 atom stereocenters. The van der Waals surface area contributed by atoms with Crippen LogP contribution in [0, 0.1) is 0 Å². The Kier molecular flexibility index (Phi) is 4.68. The highest BCUT2D eigenvalue weighted by molar-refractivity contribution is 5.99. The molecule has 1 fully saturated rings. The number of unbranched alkanes of at least 4 members (excludes halogenated alkanes) is 1. The van der Waals surface area contributed by atoms with Gasteiger partial charge in [-0.1, -0.05) is 30.3 Å². The van der Waals surface area contributed by atoms with Gasteiger partial charge in [0, 0.05) is 6.54 Å². The standard InChI is InChI=1S/C15H20N2O2/c1-16-11-14(18)17(15(19)12-16)10-6-5-9-13-7-3-2-4-8-13/h2-4,7-8H,5-6,9-12H2,1H3. The van der Waals surface area contributed by atoms with E-state index in [-0.39, 0.29) is 11.8 Å². The molecule has 1 heterocycles. The van der Waals surface area contributed by atoms with Crippen molar-refractivity contribution in [1.82, 2.24) is 9.80 Å². The van der Waals surface area contributed by atoms with Gasteiger partial charge in [-0.15, -0.1) is 0 Å². The number of aryl methyl sites for hydroxylation is 1. The molecule has 0 unspecified atom stereocenters. The average Bonchev–Trinajstić information content (AvgIpc) is 2.38. The monoisotopic (exact) mass is 260 g/mol. The molecular formula is C15H20N2O2. The van der Waals surface area contributed by atoms with Crippen LogP contribution in [0.5, 0.6) is 0 Å². The Bertz CT molecular complexity index is 427. The van der Waals surface area contributed by atoms with E-state index in [0.717, 1.165) is 19.3 Å². The maximum absolute atomic E-state index is 11.7. The van der Waals surface area contributed by atoms with Crippen molar-refractivity contribution in [3.8, 4) is 0 Å². The van der Waals surface area contributed by atoms with Crippen molar-refractivity contribution < 1.29 is 9.59 Å². The minimum atomic E-state index is -0.0709. The van der Waals surface area contributed by atoms with E-state index >= 15 is 0 Å². The van der Waals surface area contributed by atoms with Gasteiger partial charge < -0.3 is 0 Å². The second kappa shape index (κ2) is 6.48. The molecule has 102 valence electrons. The fraction of sp³-hybridized carbons (Fsp3) is 0.467. The molecule has 4 heteroatoms. The number of hydrogen-bond donors (Lipinski definition) is 0. The molecule has 0 spiro atoms. The summed E-state index contributed by atoms with van der Waals surface area (Å²) in [6, 6.07) is 10.3. The van der Waals surface area contributed by atoms with Gasteiger partial charge >= 0.3 is 0 Å². The topological polar surface area (TPSA) is 40.6 Å². The zero-order chi connectivity index (χ0) is 13.7. The maximum atomic E-state index is 11.7. The summed E-state index contributed by atoms with van der Waals surface area (Å²) in [4.78, 5) is 26.6. The fourth-order valence-electron chi connectivity index (χ4n) is 2.32. The Labute approximate surface area is 114 Å². The van der Waals surface area contributed by atoms with Gasteiger partial charge in [-0.3, -0.25) is 19.4 Å². The molecule has 1 aromatic carbocycles. The van der Waals surface area contributed by atoms with Crippen LogP contribution in [0.2, 0.25) is 0 Å². The SMILES string of the molecule is CN1CC(=O)N(CCCCc2ccccc2)C(=O)C1. The summed E-state index contributed by atoms with van der Waals surface area (Å²) in [6.07, 6.45) is 2.87. The number of hydrogen-bond acceptors (Lipinski definition) is 3. The minimum Gasteiger partial charge on any atom is -0.289 e. The molecule has 1 aromatic rings. The fourth-order valence-corrected chi connectivity index (χ4v) is 2.32. The lowest BCUT2D eigenvalue weighted by Crippen LogP contribution is -2.52. The van der Waals surface area contributed by atoms with E-state index < -0.39 is 0 Å². The first kappa shape index (κ1) is 13.7. The molecule has 19 heavy (non-hydrogen) atoms. The van der Waals surface area contributed by atoms with Crippen LogP contribution in [0.25, 0.3) is 0 Å². The highest BCUT2D eigenvalue weighted by Crippen LogP contribution is 2.08. The number of carbonyl (C=O) groups excluding carboxylic acids is 2. The van der Waals surface area contributed by atoms with Crippen molar-refractivity contribution in [2.75, 3.05) is 26.7 Å². The Hall–Kier alpha value is -1.68. The summed E-state index contributed by atoms with van der Waals surface area (Å²) in [5.74, 6) is -0.142. The van der Waals surface area contributed by atoms with Crippen molar-refractivity contribution in [2.24, 2.45) is 0 Å². The Morgan fingerprint density at radius 2 is 1.63 bits per heavy atom. The van der Waals surface area contributed by atoms with Gasteiger partial charge in [0.15, 0.2) is 0 Å². The highest BCUT2D eigenvalue weighted by atomic mass is 16.2. The minimum absolute atomic E-state index is 0.0709. The molecule has 1 aliphatic rings. The molecule has 0 saturated carbocycles. The van der Waals surface area contributed by atoms with Crippen molar-refractivity contribution >= 4 is 11.8 Å². The number of likely N-dealkylation sites (N-methyl/N-ethyl adjacent to an activating group) is 1. The van der Waals surface area contributed by atoms with E-state index in [1.807, 2.05) is 18.2 Å². The molecule has 0 radical (unpaired) electrons. The lowest BCUT2D eigenvalue weighted by molar-refractivity contribution is -0.150. The number of amides is 2. The Morgan fingerprint density at radius 3 is 2.26 bits per heavy atom. The van der Waals surface area contributed by atoms with E-state index in [2.05, 4.69) is 12.1 Å². The zero-order valence-corrected chi connectivity index (χ0v) is 11.3. The summed E-state index contributed by atoms with van der Waals surface area (Å²) in [7, 11) is 1.79. The van der Waals surface area contributed by atoms with E-state index in [0.29, 0.717) is 19.6 Å². The van der Waals surface area contributed by atoms with Crippen molar-refractivity contribution in [3.05, 3.63) is 35.9 Å². The summed E-state index contributed by atoms with van der Waals surface area (Å²) < 4.78 is 0. The number of piperazine rings is 1. The number of imide groups is 1. The van der Waals surface area contributed by atoms with Crippen LogP contribution in [0.15, 0.2) is 30.3 Å². The molecule has 2 amide bonds. The van der Waals surface area contributed by atoms with Gasteiger partial charge in [0.25, 0.3) is 0 Å². The maximum Gasteiger partial charge on any atom is 0.243 e. The molecule has 2 rings (SSSR count). The first-order valence-corrected chi connectivity index (χ1v) is 6.72. The third kappa shape index (κ3) is 3.89. The molecule has 0 bridgehead atoms. The van der Waals surface area contributed by atoms with E-state index in [1.54, 1.807) is 11.9 Å². The zero-order valence-electron chi connectivity index (χ0n) is 11.3. The molecule has 0 aliphatic carbocycles. The van der Waals surface area contributed by atoms with E-state index in [9.17, 15) is 9.59 Å². The quantitative estimate of drug-likeness (QED) is 0.592. The van der Waals surface area contributed by atoms with Crippen LogP contribution in [0.1, 0.15) is 18.4 Å². The Balaban J connectivity index is 1.73. The van der Waals surface area contributed by atoms with E-state index in [1.165, 1.54) is 10.5 Å². The number of benzene rings is 1. The van der Waals surface area contributed by atoms with Crippen LogP contribution in [-0.2, 0) is 16.0 Å². The lowest BCUT2D eigenvalue weighted by Gasteiger charge is -2.30. The predicted octanol–water partition coefficient (Wildman–Crippen LogP) is 1.31. The van der Waals surface area contributed by atoms with Crippen molar-refractivity contribution in [3.63, 3.8) is 0 Å². The van der Waals surface area contributed by atoms with Crippen LogP contribution >= 0.6 is 0 Å². The first-order chi connectivity index (χ1) is 9.16. The van der Waals surface area contributed by atoms with Gasteiger partial charge in [0.05, 0.1) is 13.1 Å². The molecule has 4 nitrogen and oxygen atoms in total. The normalized spacial score (nSPS) is 17.0. The van der Waals surface area contributed by atoms with Crippen LogP contribution < -0.4 is 0 Å². The summed E-state index contributed by atoms with van der Waals surface area (Å²) in [6.45, 7) is 1.26. The van der Waals surface area contributed by atoms with Crippen molar-refractivity contribution in [2.45, 2.75) is 19.3 Å². The third-order valence-electron chi connectivity index (χ3n) is 3.35. The van der Waals surface area contributed by atoms with Crippen molar-refractivity contribution in [1.29, 1.82) is 0 Å². The Morgan fingerprint density at radius 1 is 1.00 bits per heavy atom. The highest BCUT2D eigenvalue weighted by Gasteiger charge is 2.28. The summed E-state index contributed by atoms with van der Waals surface area (Å²) >= 11 is 0. The number of nitrogens with zero attached hydrogens (tertiary/aromatic N) is 2. The number of carbonyl (C=O) groups is 2. The average molecular weight is 260 g/mol. The van der Waals surface area contributed by atoms with Crippen LogP contribution in [0.4, 0.5) is 0 Å². The summed E-state index contributed by atoms with van der Waals surface area (Å²) in [5, 5.41) is 0. The van der Waals surface area contributed by atoms with Gasteiger partial charge in [-0.25, -0.2) is 0 Å². The molecular weight excluding hydrogens is 240 g/mol. The van der Waals surface area contributed by atoms with Gasteiger partial charge in [-0.05, 0) is 31.9 Å². The van der Waals surface area contributed by atoms with Crippen LogP contribution in [0.3, 0.4) is 0 Å². The van der Waals surface area contributed by atoms with Gasteiger partial charge in [-0.2, -0.15) is 0 Å². The van der Waals surface area contributed by atoms with Gasteiger partial charge in [0.1, 0.15) is 0 Å². The second-order valence-electron chi connectivity index (χ2n) is 5.05. The molecule has 1 aliphatic heterocycles. The lowest BCUT2D eigenvalue weighted by atomic mass is 10.1. The first-order valence-electron chi connectivity index (χ1n) is 6.72. The summed E-state index contributed by atoms with van der Waals surface area (Å²) in [5.41, 5.74) is 1.30. The second-order valence-corrected chi connectivity index (χ2v) is 5.05. The molecule has 0 aromatic heterocycles. The largest absolute Gasteiger partial charge is 0.289 e. The predicted molar refractivity (Wildman–Crippen MR) is 73.6 cm³/mol. The van der Waals surface area contributed by atoms with Gasteiger partial charge in [0.2, 0.25) is 11.8 Å². The van der Waals surface area contributed by atoms with E-state index in [4.69, 9.17) is 0 Å². The van der Waals surface area contributed by atoms with Crippen LogP contribution in [-0.4, -0.2) is 48.3 Å².